The minimum atomic E-state index is -0.268. The zero-order valence-corrected chi connectivity index (χ0v) is 14.4. The second-order valence-electron chi connectivity index (χ2n) is 6.49. The number of ether oxygens (including phenoxy) is 1. The van der Waals surface area contributed by atoms with Crippen LogP contribution in [-0.4, -0.2) is 31.1 Å². The Morgan fingerprint density at radius 1 is 1.21 bits per heavy atom. The van der Waals surface area contributed by atoms with Crippen LogP contribution in [-0.2, 0) is 19.5 Å². The van der Waals surface area contributed by atoms with Crippen LogP contribution in [0.5, 0.6) is 5.75 Å². The molecule has 128 valence electrons. The largest absolute Gasteiger partial charge is 0.496 e. The van der Waals surface area contributed by atoms with Crippen LogP contribution in [0, 0.1) is 5.82 Å². The van der Waals surface area contributed by atoms with Crippen LogP contribution in [0.3, 0.4) is 0 Å². The molecular weight excluding hydrogens is 303 g/mol. The molecule has 0 saturated carbocycles. The Morgan fingerprint density at radius 3 is 2.79 bits per heavy atom. The molecule has 0 amide bonds. The molecule has 2 aromatic rings. The summed E-state index contributed by atoms with van der Waals surface area (Å²) in [7, 11) is 1.58. The van der Waals surface area contributed by atoms with Crippen LogP contribution in [0.25, 0.3) is 0 Å². The summed E-state index contributed by atoms with van der Waals surface area (Å²) in [4.78, 5) is 2.49. The fourth-order valence-corrected chi connectivity index (χ4v) is 3.31. The van der Waals surface area contributed by atoms with Gasteiger partial charge in [0.25, 0.3) is 0 Å². The van der Waals surface area contributed by atoms with E-state index in [1.807, 2.05) is 0 Å². The van der Waals surface area contributed by atoms with Crippen molar-refractivity contribution in [2.24, 2.45) is 0 Å². The molecule has 0 spiro atoms. The molecule has 0 aromatic heterocycles. The highest BCUT2D eigenvalue weighted by Gasteiger charge is 2.17. The lowest BCUT2D eigenvalue weighted by Gasteiger charge is -2.31. The van der Waals surface area contributed by atoms with Crippen LogP contribution in [0.1, 0.15) is 23.6 Å². The first-order valence-corrected chi connectivity index (χ1v) is 8.50. The predicted molar refractivity (Wildman–Crippen MR) is 94.7 cm³/mol. The first-order chi connectivity index (χ1) is 11.7. The number of methoxy groups -OCH3 is 1. The van der Waals surface area contributed by atoms with Gasteiger partial charge < -0.3 is 10.1 Å². The van der Waals surface area contributed by atoms with Crippen LogP contribution in [0.4, 0.5) is 4.39 Å². The molecular formula is C20H25FN2O. The standard InChI is InChI=1S/C20H25FN2O/c1-15(22-12-17-7-8-19(21)11-20(17)24-2)13-23-10-9-16-5-3-4-6-18(16)14-23/h3-8,11,15,22H,9-10,12-14H2,1-2H3. The van der Waals surface area contributed by atoms with E-state index in [9.17, 15) is 4.39 Å². The summed E-state index contributed by atoms with van der Waals surface area (Å²) in [5.41, 5.74) is 3.90. The van der Waals surface area contributed by atoms with Gasteiger partial charge in [-0.25, -0.2) is 4.39 Å². The first kappa shape index (κ1) is 16.9. The first-order valence-electron chi connectivity index (χ1n) is 8.50. The molecule has 0 aliphatic carbocycles. The minimum absolute atomic E-state index is 0.268. The Labute approximate surface area is 143 Å². The third-order valence-electron chi connectivity index (χ3n) is 4.63. The number of rotatable bonds is 6. The number of fused-ring (bicyclic) bond motifs is 1. The zero-order chi connectivity index (χ0) is 16.9. The molecule has 0 fully saturated rings. The summed E-state index contributed by atoms with van der Waals surface area (Å²) in [6.45, 7) is 5.98. The van der Waals surface area contributed by atoms with E-state index in [1.54, 1.807) is 13.2 Å². The number of nitrogens with one attached hydrogen (secondary N) is 1. The Kier molecular flexibility index (Phi) is 5.48. The average molecular weight is 328 g/mol. The summed E-state index contributed by atoms with van der Waals surface area (Å²) in [5.74, 6) is 0.331. The van der Waals surface area contributed by atoms with E-state index >= 15 is 0 Å². The molecule has 1 heterocycles. The molecule has 0 radical (unpaired) electrons. The fourth-order valence-electron chi connectivity index (χ4n) is 3.31. The maximum absolute atomic E-state index is 13.3. The van der Waals surface area contributed by atoms with Gasteiger partial charge in [-0.3, -0.25) is 4.90 Å². The van der Waals surface area contributed by atoms with Crippen molar-refractivity contribution in [1.82, 2.24) is 10.2 Å². The summed E-state index contributed by atoms with van der Waals surface area (Å²) in [6.07, 6.45) is 1.12. The number of hydrogen-bond donors (Lipinski definition) is 1. The third-order valence-corrected chi connectivity index (χ3v) is 4.63. The predicted octanol–water partition coefficient (Wildman–Crippen LogP) is 3.37. The van der Waals surface area contributed by atoms with Crippen LogP contribution in [0.15, 0.2) is 42.5 Å². The van der Waals surface area contributed by atoms with Gasteiger partial charge >= 0.3 is 0 Å². The highest BCUT2D eigenvalue weighted by atomic mass is 19.1. The van der Waals surface area contributed by atoms with E-state index in [2.05, 4.69) is 41.4 Å². The van der Waals surface area contributed by atoms with Gasteiger partial charge in [-0.2, -0.15) is 0 Å². The van der Waals surface area contributed by atoms with Gasteiger partial charge in [0.15, 0.2) is 0 Å². The van der Waals surface area contributed by atoms with Crippen molar-refractivity contribution < 1.29 is 9.13 Å². The maximum Gasteiger partial charge on any atom is 0.126 e. The van der Waals surface area contributed by atoms with Gasteiger partial charge in [0, 0.05) is 43.9 Å². The van der Waals surface area contributed by atoms with E-state index < -0.39 is 0 Å². The monoisotopic (exact) mass is 328 g/mol. The molecule has 3 nitrogen and oxygen atoms in total. The molecule has 0 bridgehead atoms. The lowest BCUT2D eigenvalue weighted by molar-refractivity contribution is 0.229. The van der Waals surface area contributed by atoms with E-state index in [4.69, 9.17) is 4.74 Å². The summed E-state index contributed by atoms with van der Waals surface area (Å²) in [6, 6.07) is 13.7. The Balaban J connectivity index is 1.52. The Bertz CT molecular complexity index is 689. The van der Waals surface area contributed by atoms with Gasteiger partial charge in [0.1, 0.15) is 11.6 Å². The normalized spacial score (nSPS) is 15.8. The zero-order valence-electron chi connectivity index (χ0n) is 14.4. The molecule has 0 saturated heterocycles. The van der Waals surface area contributed by atoms with Crippen molar-refractivity contribution in [3.05, 3.63) is 65.0 Å². The van der Waals surface area contributed by atoms with Gasteiger partial charge in [-0.15, -0.1) is 0 Å². The van der Waals surface area contributed by atoms with Crippen molar-refractivity contribution in [1.29, 1.82) is 0 Å². The molecule has 1 N–H and O–H groups in total. The van der Waals surface area contributed by atoms with Gasteiger partial charge in [0.2, 0.25) is 0 Å². The molecule has 1 atom stereocenters. The van der Waals surface area contributed by atoms with Gasteiger partial charge in [0.05, 0.1) is 7.11 Å². The number of hydrogen-bond acceptors (Lipinski definition) is 3. The number of nitrogens with zero attached hydrogens (tertiary/aromatic N) is 1. The van der Waals surface area contributed by atoms with Crippen LogP contribution < -0.4 is 10.1 Å². The third kappa shape index (κ3) is 4.13. The summed E-state index contributed by atoms with van der Waals surface area (Å²) in [5, 5.41) is 3.52. The van der Waals surface area contributed by atoms with E-state index in [0.717, 1.165) is 31.6 Å². The van der Waals surface area contributed by atoms with E-state index in [-0.39, 0.29) is 5.82 Å². The molecule has 1 aliphatic heterocycles. The minimum Gasteiger partial charge on any atom is -0.496 e. The second kappa shape index (κ2) is 7.77. The molecule has 1 aliphatic rings. The van der Waals surface area contributed by atoms with Crippen molar-refractivity contribution >= 4 is 0 Å². The molecule has 4 heteroatoms. The van der Waals surface area contributed by atoms with Crippen LogP contribution in [0.2, 0.25) is 0 Å². The van der Waals surface area contributed by atoms with Crippen molar-refractivity contribution in [3.8, 4) is 5.75 Å². The fraction of sp³-hybridized carbons (Fsp3) is 0.400. The molecule has 24 heavy (non-hydrogen) atoms. The molecule has 1 unspecified atom stereocenters. The topological polar surface area (TPSA) is 24.5 Å². The van der Waals surface area contributed by atoms with E-state index in [0.29, 0.717) is 18.3 Å². The smallest absolute Gasteiger partial charge is 0.126 e. The second-order valence-corrected chi connectivity index (χ2v) is 6.49. The van der Waals surface area contributed by atoms with Crippen molar-refractivity contribution in [2.75, 3.05) is 20.2 Å². The highest BCUT2D eigenvalue weighted by molar-refractivity contribution is 5.34. The lowest BCUT2D eigenvalue weighted by Crippen LogP contribution is -2.41. The summed E-state index contributed by atoms with van der Waals surface area (Å²) < 4.78 is 18.5. The number of halogens is 1. The Hall–Kier alpha value is -1.91. The maximum atomic E-state index is 13.3. The van der Waals surface area contributed by atoms with Gasteiger partial charge in [-0.05, 0) is 30.5 Å². The number of benzene rings is 2. The van der Waals surface area contributed by atoms with E-state index in [1.165, 1.54) is 23.3 Å². The van der Waals surface area contributed by atoms with Crippen LogP contribution >= 0.6 is 0 Å². The van der Waals surface area contributed by atoms with Crippen molar-refractivity contribution in [2.45, 2.75) is 32.5 Å². The lowest BCUT2D eigenvalue weighted by atomic mass is 9.99. The molecule has 3 rings (SSSR count). The quantitative estimate of drug-likeness (QED) is 0.880. The average Bonchev–Trinajstić information content (AvgIpc) is 2.60. The van der Waals surface area contributed by atoms with Gasteiger partial charge in [-0.1, -0.05) is 30.3 Å². The Morgan fingerprint density at radius 2 is 2.00 bits per heavy atom. The van der Waals surface area contributed by atoms with Crippen molar-refractivity contribution in [3.63, 3.8) is 0 Å². The summed E-state index contributed by atoms with van der Waals surface area (Å²) >= 11 is 0. The SMILES string of the molecule is COc1cc(F)ccc1CNC(C)CN1CCc2ccccc2C1. The molecule has 2 aromatic carbocycles. The highest BCUT2D eigenvalue weighted by Crippen LogP contribution is 2.20.